The molecule has 1 heterocycles. The Labute approximate surface area is 147 Å². The number of hydrogen-bond donors (Lipinski definition) is 2. The van der Waals surface area contributed by atoms with Crippen LogP contribution in [0.3, 0.4) is 0 Å². The number of nitrogens with one attached hydrogen (secondary N) is 2. The van der Waals surface area contributed by atoms with Gasteiger partial charge in [-0.25, -0.2) is 0 Å². The zero-order chi connectivity index (χ0) is 18.1. The van der Waals surface area contributed by atoms with Crippen molar-refractivity contribution in [3.8, 4) is 5.75 Å². The van der Waals surface area contributed by atoms with Crippen molar-refractivity contribution in [2.24, 2.45) is 0 Å². The second-order valence-corrected chi connectivity index (χ2v) is 5.76. The third-order valence-electron chi connectivity index (χ3n) is 3.68. The first-order valence-corrected chi connectivity index (χ1v) is 8.35. The van der Waals surface area contributed by atoms with E-state index in [9.17, 15) is 9.59 Å². The van der Waals surface area contributed by atoms with Gasteiger partial charge >= 0.3 is 0 Å². The molecule has 6 heteroatoms. The highest BCUT2D eigenvalue weighted by atomic mass is 16.5. The van der Waals surface area contributed by atoms with Crippen LogP contribution in [0.2, 0.25) is 0 Å². The van der Waals surface area contributed by atoms with Gasteiger partial charge in [-0.3, -0.25) is 9.59 Å². The van der Waals surface area contributed by atoms with Gasteiger partial charge in [-0.15, -0.1) is 0 Å². The SMILES string of the molecule is Cc1cccc(C)c1OCCCC(=O)NCCNC(=O)c1ccco1. The number of carbonyl (C=O) groups is 2. The highest BCUT2D eigenvalue weighted by Gasteiger charge is 2.08. The molecule has 0 unspecified atom stereocenters. The van der Waals surface area contributed by atoms with Crippen molar-refractivity contribution in [1.82, 2.24) is 10.6 Å². The number of rotatable bonds is 9. The minimum Gasteiger partial charge on any atom is -0.493 e. The lowest BCUT2D eigenvalue weighted by Crippen LogP contribution is -2.34. The zero-order valence-corrected chi connectivity index (χ0v) is 14.6. The third kappa shape index (κ3) is 5.99. The van der Waals surface area contributed by atoms with Crippen molar-refractivity contribution in [2.45, 2.75) is 26.7 Å². The first-order chi connectivity index (χ1) is 12.1. The molecule has 0 radical (unpaired) electrons. The van der Waals surface area contributed by atoms with Crippen molar-refractivity contribution in [3.63, 3.8) is 0 Å². The molecule has 1 aromatic carbocycles. The van der Waals surface area contributed by atoms with Gasteiger partial charge in [0.1, 0.15) is 5.75 Å². The number of aryl methyl sites for hydroxylation is 2. The Hall–Kier alpha value is -2.76. The molecule has 1 aromatic heterocycles. The fraction of sp³-hybridized carbons (Fsp3) is 0.368. The number of ether oxygens (including phenoxy) is 1. The molecule has 0 bridgehead atoms. The van der Waals surface area contributed by atoms with Crippen LogP contribution >= 0.6 is 0 Å². The van der Waals surface area contributed by atoms with Crippen molar-refractivity contribution >= 4 is 11.8 Å². The van der Waals surface area contributed by atoms with Crippen molar-refractivity contribution in [1.29, 1.82) is 0 Å². The highest BCUT2D eigenvalue weighted by Crippen LogP contribution is 2.22. The summed E-state index contributed by atoms with van der Waals surface area (Å²) in [5.41, 5.74) is 2.19. The first kappa shape index (κ1) is 18.6. The van der Waals surface area contributed by atoms with Gasteiger partial charge in [0.25, 0.3) is 5.91 Å². The molecule has 0 saturated heterocycles. The summed E-state index contributed by atoms with van der Waals surface area (Å²) in [6.07, 6.45) is 2.46. The normalized spacial score (nSPS) is 10.3. The summed E-state index contributed by atoms with van der Waals surface area (Å²) >= 11 is 0. The van der Waals surface area contributed by atoms with Gasteiger partial charge in [0.2, 0.25) is 5.91 Å². The van der Waals surface area contributed by atoms with Crippen LogP contribution in [0.15, 0.2) is 41.0 Å². The third-order valence-corrected chi connectivity index (χ3v) is 3.68. The van der Waals surface area contributed by atoms with E-state index < -0.39 is 0 Å². The molecule has 134 valence electrons. The van der Waals surface area contributed by atoms with Crippen LogP contribution in [-0.2, 0) is 4.79 Å². The predicted octanol–water partition coefficient (Wildman–Crippen LogP) is 2.60. The quantitative estimate of drug-likeness (QED) is 0.685. The van der Waals surface area contributed by atoms with Crippen molar-refractivity contribution < 1.29 is 18.7 Å². The molecule has 0 fully saturated rings. The predicted molar refractivity (Wildman–Crippen MR) is 94.7 cm³/mol. The number of carbonyl (C=O) groups excluding carboxylic acids is 2. The van der Waals surface area contributed by atoms with Gasteiger partial charge in [0.15, 0.2) is 5.76 Å². The van der Waals surface area contributed by atoms with Gasteiger partial charge in [-0.1, -0.05) is 18.2 Å². The summed E-state index contributed by atoms with van der Waals surface area (Å²) < 4.78 is 10.7. The highest BCUT2D eigenvalue weighted by molar-refractivity contribution is 5.91. The maximum atomic E-state index is 11.8. The standard InChI is InChI=1S/C19H24N2O4/c1-14-6-3-7-15(2)18(14)25-13-5-9-17(22)20-10-11-21-19(23)16-8-4-12-24-16/h3-4,6-8,12H,5,9-11,13H2,1-2H3,(H,20,22)(H,21,23). The molecule has 0 aliphatic heterocycles. The van der Waals surface area contributed by atoms with Crippen LogP contribution in [0.25, 0.3) is 0 Å². The number of hydrogen-bond acceptors (Lipinski definition) is 4. The molecule has 2 aromatic rings. The molecule has 6 nitrogen and oxygen atoms in total. The lowest BCUT2D eigenvalue weighted by Gasteiger charge is -2.11. The van der Waals surface area contributed by atoms with Gasteiger partial charge in [-0.2, -0.15) is 0 Å². The van der Waals surface area contributed by atoms with Crippen LogP contribution in [0, 0.1) is 13.8 Å². The molecule has 0 atom stereocenters. The summed E-state index contributed by atoms with van der Waals surface area (Å²) in [5.74, 6) is 0.803. The van der Waals surface area contributed by atoms with E-state index >= 15 is 0 Å². The van der Waals surface area contributed by atoms with Crippen LogP contribution in [0.1, 0.15) is 34.5 Å². The van der Waals surface area contributed by atoms with E-state index in [4.69, 9.17) is 9.15 Å². The Morgan fingerprint density at radius 3 is 2.44 bits per heavy atom. The zero-order valence-electron chi connectivity index (χ0n) is 14.6. The Balaban J connectivity index is 1.56. The minimum atomic E-state index is -0.291. The van der Waals surface area contributed by atoms with Crippen LogP contribution in [0.5, 0.6) is 5.75 Å². The first-order valence-electron chi connectivity index (χ1n) is 8.35. The molecule has 2 N–H and O–H groups in total. The summed E-state index contributed by atoms with van der Waals surface area (Å²) in [7, 11) is 0. The smallest absolute Gasteiger partial charge is 0.287 e. The Kier molecular flexibility index (Phi) is 7.07. The molecule has 25 heavy (non-hydrogen) atoms. The lowest BCUT2D eigenvalue weighted by atomic mass is 10.1. The van der Waals surface area contributed by atoms with Gasteiger partial charge < -0.3 is 19.8 Å². The van der Waals surface area contributed by atoms with E-state index in [0.717, 1.165) is 16.9 Å². The van der Waals surface area contributed by atoms with E-state index in [0.29, 0.717) is 32.5 Å². The number of amides is 2. The second kappa shape index (κ2) is 9.52. The van der Waals surface area contributed by atoms with Crippen LogP contribution in [-0.4, -0.2) is 31.5 Å². The minimum absolute atomic E-state index is 0.0580. The Morgan fingerprint density at radius 2 is 1.76 bits per heavy atom. The molecule has 0 aliphatic rings. The summed E-state index contributed by atoms with van der Waals surface area (Å²) in [5, 5.41) is 5.43. The fourth-order valence-corrected chi connectivity index (χ4v) is 2.40. The van der Waals surface area contributed by atoms with E-state index in [-0.39, 0.29) is 17.6 Å². The average Bonchev–Trinajstić information content (AvgIpc) is 3.12. The topological polar surface area (TPSA) is 80.6 Å². The molecular formula is C19H24N2O4. The maximum absolute atomic E-state index is 11.8. The van der Waals surface area contributed by atoms with Crippen molar-refractivity contribution in [2.75, 3.05) is 19.7 Å². The number of furan rings is 1. The lowest BCUT2D eigenvalue weighted by molar-refractivity contribution is -0.121. The Morgan fingerprint density at radius 1 is 1.04 bits per heavy atom. The number of benzene rings is 1. The molecule has 0 saturated carbocycles. The van der Waals surface area contributed by atoms with E-state index in [1.165, 1.54) is 6.26 Å². The molecule has 2 rings (SSSR count). The molecule has 2 amide bonds. The van der Waals surface area contributed by atoms with Crippen LogP contribution in [0.4, 0.5) is 0 Å². The largest absolute Gasteiger partial charge is 0.493 e. The summed E-state index contributed by atoms with van der Waals surface area (Å²) in [6.45, 7) is 5.24. The van der Waals surface area contributed by atoms with Crippen LogP contribution < -0.4 is 15.4 Å². The summed E-state index contributed by atoms with van der Waals surface area (Å²) in [6, 6.07) is 9.25. The van der Waals surface area contributed by atoms with E-state index in [2.05, 4.69) is 10.6 Å². The molecule has 0 spiro atoms. The van der Waals surface area contributed by atoms with Gasteiger partial charge in [0.05, 0.1) is 12.9 Å². The van der Waals surface area contributed by atoms with E-state index in [1.807, 2.05) is 32.0 Å². The monoisotopic (exact) mass is 344 g/mol. The van der Waals surface area contributed by atoms with E-state index in [1.54, 1.807) is 12.1 Å². The van der Waals surface area contributed by atoms with Crippen molar-refractivity contribution in [3.05, 3.63) is 53.5 Å². The average molecular weight is 344 g/mol. The molecular weight excluding hydrogens is 320 g/mol. The van der Waals surface area contributed by atoms with Gasteiger partial charge in [0, 0.05) is 19.5 Å². The van der Waals surface area contributed by atoms with Gasteiger partial charge in [-0.05, 0) is 43.5 Å². The maximum Gasteiger partial charge on any atom is 0.287 e. The summed E-state index contributed by atoms with van der Waals surface area (Å²) in [4.78, 5) is 23.4. The number of para-hydroxylation sites is 1. The fourth-order valence-electron chi connectivity index (χ4n) is 2.40. The second-order valence-electron chi connectivity index (χ2n) is 5.76. The molecule has 0 aliphatic carbocycles. The Bertz CT molecular complexity index is 675.